The fraction of sp³-hybridized carbons (Fsp3) is 0.652. The van der Waals surface area contributed by atoms with Crippen molar-refractivity contribution < 1.29 is 4.79 Å². The van der Waals surface area contributed by atoms with E-state index in [4.69, 9.17) is 0 Å². The van der Waals surface area contributed by atoms with Gasteiger partial charge in [0, 0.05) is 52.9 Å². The number of piperidine rings is 1. The molecule has 2 fully saturated rings. The fourth-order valence-electron chi connectivity index (χ4n) is 4.42. The van der Waals surface area contributed by atoms with E-state index >= 15 is 0 Å². The molecule has 0 saturated carbocycles. The van der Waals surface area contributed by atoms with Gasteiger partial charge in [-0.15, -0.1) is 0 Å². The van der Waals surface area contributed by atoms with E-state index in [2.05, 4.69) is 52.2 Å². The summed E-state index contributed by atoms with van der Waals surface area (Å²) in [5.41, 5.74) is 4.01. The van der Waals surface area contributed by atoms with Crippen LogP contribution in [0, 0.1) is 13.8 Å². The quantitative estimate of drug-likeness (QED) is 0.608. The minimum atomic E-state index is 0.300. The number of nitrogens with one attached hydrogen (secondary N) is 1. The van der Waals surface area contributed by atoms with Crippen molar-refractivity contribution in [3.63, 3.8) is 0 Å². The van der Waals surface area contributed by atoms with Gasteiger partial charge in [0.25, 0.3) is 0 Å². The number of hydrogen-bond donors (Lipinski definition) is 1. The van der Waals surface area contributed by atoms with E-state index in [9.17, 15) is 4.79 Å². The van der Waals surface area contributed by atoms with Gasteiger partial charge in [-0.3, -0.25) is 14.7 Å². The van der Waals surface area contributed by atoms with Gasteiger partial charge >= 0.3 is 0 Å². The van der Waals surface area contributed by atoms with Crippen LogP contribution < -0.4 is 5.32 Å². The number of piperazine rings is 1. The zero-order valence-electron chi connectivity index (χ0n) is 18.4. The molecule has 0 aromatic heterocycles. The molecule has 6 nitrogen and oxygen atoms in total. The second-order valence-electron chi connectivity index (χ2n) is 8.42. The average Bonchev–Trinajstić information content (AvgIpc) is 2.72. The zero-order chi connectivity index (χ0) is 20.6. The maximum absolute atomic E-state index is 12.5. The van der Waals surface area contributed by atoms with Crippen LogP contribution in [-0.4, -0.2) is 86.0 Å². The fourth-order valence-corrected chi connectivity index (χ4v) is 4.42. The molecule has 2 heterocycles. The van der Waals surface area contributed by atoms with Crippen molar-refractivity contribution in [1.29, 1.82) is 0 Å². The zero-order valence-corrected chi connectivity index (χ0v) is 18.4. The van der Waals surface area contributed by atoms with Crippen LogP contribution in [0.2, 0.25) is 0 Å². The number of aryl methyl sites for hydroxylation is 2. The summed E-state index contributed by atoms with van der Waals surface area (Å²) in [5.74, 6) is 1.27. The second-order valence-corrected chi connectivity index (χ2v) is 8.42. The number of amides is 1. The van der Waals surface area contributed by atoms with Crippen LogP contribution in [0.4, 0.5) is 0 Å². The third kappa shape index (κ3) is 6.46. The predicted molar refractivity (Wildman–Crippen MR) is 119 cm³/mol. The molecule has 160 valence electrons. The van der Waals surface area contributed by atoms with Crippen molar-refractivity contribution in [2.75, 3.05) is 59.4 Å². The number of guanidine groups is 1. The number of nitrogens with zero attached hydrogens (tertiary/aromatic N) is 4. The Kier molecular flexibility index (Phi) is 7.92. The monoisotopic (exact) mass is 399 g/mol. The summed E-state index contributed by atoms with van der Waals surface area (Å²) >= 11 is 0. The molecule has 0 unspecified atom stereocenters. The molecule has 1 aromatic carbocycles. The van der Waals surface area contributed by atoms with E-state index < -0.39 is 0 Å². The Morgan fingerprint density at radius 3 is 2.21 bits per heavy atom. The lowest BCUT2D eigenvalue weighted by Crippen LogP contribution is -2.54. The number of carbonyl (C=O) groups is 1. The molecule has 2 aliphatic rings. The maximum atomic E-state index is 12.5. The smallest absolute Gasteiger partial charge is 0.236 e. The highest BCUT2D eigenvalue weighted by molar-refractivity contribution is 5.80. The predicted octanol–water partition coefficient (Wildman–Crippen LogP) is 2.05. The minimum absolute atomic E-state index is 0.300. The Bertz CT molecular complexity index is 683. The Balaban J connectivity index is 1.40. The molecule has 3 rings (SSSR count). The van der Waals surface area contributed by atoms with Gasteiger partial charge in [-0.2, -0.15) is 0 Å². The maximum Gasteiger partial charge on any atom is 0.236 e. The highest BCUT2D eigenvalue weighted by atomic mass is 16.2. The first-order chi connectivity index (χ1) is 14.0. The molecule has 29 heavy (non-hydrogen) atoms. The van der Waals surface area contributed by atoms with E-state index in [1.165, 1.54) is 23.1 Å². The summed E-state index contributed by atoms with van der Waals surface area (Å²) < 4.78 is 0. The van der Waals surface area contributed by atoms with Crippen molar-refractivity contribution in [2.45, 2.75) is 39.5 Å². The highest BCUT2D eigenvalue weighted by Gasteiger charge is 2.23. The number of aliphatic imine (C=N–C) groups is 1. The van der Waals surface area contributed by atoms with Crippen molar-refractivity contribution in [3.8, 4) is 0 Å². The molecule has 6 heteroatoms. The Labute approximate surface area is 176 Å². The van der Waals surface area contributed by atoms with Gasteiger partial charge in [-0.1, -0.05) is 29.3 Å². The van der Waals surface area contributed by atoms with Gasteiger partial charge in [-0.25, -0.2) is 0 Å². The molecule has 2 saturated heterocycles. The summed E-state index contributed by atoms with van der Waals surface area (Å²) in [6, 6.07) is 6.73. The first-order valence-corrected chi connectivity index (χ1v) is 11.1. The van der Waals surface area contributed by atoms with Crippen LogP contribution in [-0.2, 0) is 11.2 Å². The topological polar surface area (TPSA) is 51.2 Å². The van der Waals surface area contributed by atoms with E-state index in [0.29, 0.717) is 12.5 Å². The Morgan fingerprint density at radius 2 is 1.59 bits per heavy atom. The number of rotatable bonds is 5. The molecule has 1 amide bonds. The van der Waals surface area contributed by atoms with E-state index in [1.54, 1.807) is 0 Å². The lowest BCUT2D eigenvalue weighted by atomic mass is 10.1. The summed E-state index contributed by atoms with van der Waals surface area (Å²) in [4.78, 5) is 23.6. The molecule has 1 aromatic rings. The lowest BCUT2D eigenvalue weighted by Gasteiger charge is -2.37. The molecule has 2 aliphatic heterocycles. The lowest BCUT2D eigenvalue weighted by molar-refractivity contribution is -0.133. The van der Waals surface area contributed by atoms with Gasteiger partial charge in [-0.05, 0) is 45.1 Å². The third-order valence-corrected chi connectivity index (χ3v) is 5.93. The molecule has 0 aliphatic carbocycles. The normalized spacial score (nSPS) is 18.8. The third-order valence-electron chi connectivity index (χ3n) is 5.93. The van der Waals surface area contributed by atoms with E-state index in [0.717, 1.165) is 71.0 Å². The van der Waals surface area contributed by atoms with Gasteiger partial charge in [0.15, 0.2) is 5.96 Å². The van der Waals surface area contributed by atoms with Crippen LogP contribution in [0.15, 0.2) is 23.2 Å². The summed E-state index contributed by atoms with van der Waals surface area (Å²) in [7, 11) is 1.85. The SMILES string of the molecule is CN=C(NCCc1cc(C)cc(C)c1)N1CCN(CC(=O)N2CCCCC2)CC1. The van der Waals surface area contributed by atoms with Crippen LogP contribution >= 0.6 is 0 Å². The largest absolute Gasteiger partial charge is 0.356 e. The Hall–Kier alpha value is -2.08. The van der Waals surface area contributed by atoms with E-state index in [-0.39, 0.29) is 0 Å². The van der Waals surface area contributed by atoms with Crippen molar-refractivity contribution in [2.24, 2.45) is 4.99 Å². The van der Waals surface area contributed by atoms with Gasteiger partial charge in [0.1, 0.15) is 0 Å². The van der Waals surface area contributed by atoms with Crippen LogP contribution in [0.3, 0.4) is 0 Å². The standard InChI is InChI=1S/C23H37N5O/c1-19-15-20(2)17-21(16-19)7-8-25-23(24-3)28-13-11-26(12-14-28)18-22(29)27-9-5-4-6-10-27/h15-17H,4-14,18H2,1-3H3,(H,24,25). The van der Waals surface area contributed by atoms with Gasteiger partial charge in [0.05, 0.1) is 6.54 Å². The molecular weight excluding hydrogens is 362 g/mol. The van der Waals surface area contributed by atoms with Crippen molar-refractivity contribution in [1.82, 2.24) is 20.0 Å². The molecular formula is C23H37N5O. The number of hydrogen-bond acceptors (Lipinski definition) is 3. The molecule has 0 atom stereocenters. The molecule has 1 N–H and O–H groups in total. The van der Waals surface area contributed by atoms with Gasteiger partial charge in [0.2, 0.25) is 5.91 Å². The minimum Gasteiger partial charge on any atom is -0.356 e. The summed E-state index contributed by atoms with van der Waals surface area (Å²) in [6.07, 6.45) is 4.57. The highest BCUT2D eigenvalue weighted by Crippen LogP contribution is 2.11. The van der Waals surface area contributed by atoms with Crippen LogP contribution in [0.5, 0.6) is 0 Å². The number of carbonyl (C=O) groups excluding carboxylic acids is 1. The van der Waals surface area contributed by atoms with E-state index in [1.807, 2.05) is 11.9 Å². The van der Waals surface area contributed by atoms with Crippen LogP contribution in [0.1, 0.15) is 36.0 Å². The average molecular weight is 400 g/mol. The first-order valence-electron chi connectivity index (χ1n) is 11.1. The van der Waals surface area contributed by atoms with Gasteiger partial charge < -0.3 is 15.1 Å². The van der Waals surface area contributed by atoms with Crippen LogP contribution in [0.25, 0.3) is 0 Å². The van der Waals surface area contributed by atoms with Crippen molar-refractivity contribution in [3.05, 3.63) is 34.9 Å². The number of likely N-dealkylation sites (tertiary alicyclic amines) is 1. The second kappa shape index (κ2) is 10.6. The molecule has 0 spiro atoms. The molecule has 0 bridgehead atoms. The van der Waals surface area contributed by atoms with Crippen molar-refractivity contribution >= 4 is 11.9 Å². The summed E-state index contributed by atoms with van der Waals surface area (Å²) in [6.45, 7) is 11.3. The number of benzene rings is 1. The Morgan fingerprint density at radius 1 is 0.931 bits per heavy atom. The first kappa shape index (κ1) is 21.6. The molecule has 0 radical (unpaired) electrons. The summed E-state index contributed by atoms with van der Waals surface area (Å²) in [5, 5.41) is 3.52.